The molecule has 2 heterocycles. The first-order chi connectivity index (χ1) is 12.5. The number of furan rings is 1. The highest BCUT2D eigenvalue weighted by atomic mass is 16.3. The molecule has 2 aromatic heterocycles. The molecule has 0 aliphatic carbocycles. The van der Waals surface area contributed by atoms with Gasteiger partial charge in [0, 0.05) is 12.3 Å². The average Bonchev–Trinajstić information content (AvgIpc) is 3.14. The molecule has 3 aromatic rings. The summed E-state index contributed by atoms with van der Waals surface area (Å²) in [5.41, 5.74) is 0.994. The molecule has 7 nitrogen and oxygen atoms in total. The zero-order valence-corrected chi connectivity index (χ0v) is 14.3. The van der Waals surface area contributed by atoms with Crippen molar-refractivity contribution in [1.82, 2.24) is 14.5 Å². The molecule has 0 bridgehead atoms. The van der Waals surface area contributed by atoms with Crippen LogP contribution in [-0.2, 0) is 24.4 Å². The monoisotopic (exact) mass is 353 g/mol. The summed E-state index contributed by atoms with van der Waals surface area (Å²) in [5.74, 6) is 0.157. The van der Waals surface area contributed by atoms with Gasteiger partial charge in [-0.05, 0) is 30.2 Å². The van der Waals surface area contributed by atoms with Gasteiger partial charge in [-0.2, -0.15) is 0 Å². The predicted octanol–water partition coefficient (Wildman–Crippen LogP) is 1.28. The van der Waals surface area contributed by atoms with Crippen molar-refractivity contribution in [2.45, 2.75) is 26.6 Å². The molecule has 134 valence electrons. The second-order valence-electron chi connectivity index (χ2n) is 5.93. The minimum absolute atomic E-state index is 0.199. The van der Waals surface area contributed by atoms with Crippen LogP contribution in [0.3, 0.4) is 0 Å². The number of hydrogen-bond donors (Lipinski definition) is 1. The number of nitrogens with one attached hydrogen (secondary N) is 1. The second kappa shape index (κ2) is 7.69. The van der Waals surface area contributed by atoms with E-state index in [0.717, 1.165) is 15.7 Å². The van der Waals surface area contributed by atoms with Crippen LogP contribution in [0.5, 0.6) is 0 Å². The molecule has 0 spiro atoms. The highest BCUT2D eigenvalue weighted by Crippen LogP contribution is 2.07. The summed E-state index contributed by atoms with van der Waals surface area (Å²) in [6.07, 6.45) is 2.96. The first-order valence-electron chi connectivity index (χ1n) is 8.18. The van der Waals surface area contributed by atoms with Crippen molar-refractivity contribution >= 4 is 5.91 Å². The van der Waals surface area contributed by atoms with E-state index >= 15 is 0 Å². The van der Waals surface area contributed by atoms with E-state index < -0.39 is 17.2 Å². The molecule has 3 rings (SSSR count). The maximum atomic E-state index is 12.6. The SMILES string of the molecule is Cc1ccccc1Cn1ccc(=O)n(CC(=O)NCc2ccco2)c1=O. The third kappa shape index (κ3) is 4.00. The molecule has 0 atom stereocenters. The number of rotatable bonds is 6. The second-order valence-corrected chi connectivity index (χ2v) is 5.93. The standard InChI is InChI=1S/C19H19N3O4/c1-14-5-2-3-6-15(14)12-21-9-8-18(24)22(19(21)25)13-17(23)20-11-16-7-4-10-26-16/h2-10H,11-13H2,1H3,(H,20,23). The Hall–Kier alpha value is -3.35. The van der Waals surface area contributed by atoms with Gasteiger partial charge in [0.05, 0.1) is 19.4 Å². The maximum absolute atomic E-state index is 12.6. The third-order valence-electron chi connectivity index (χ3n) is 4.08. The van der Waals surface area contributed by atoms with E-state index in [1.807, 2.05) is 31.2 Å². The van der Waals surface area contributed by atoms with Crippen LogP contribution in [0.25, 0.3) is 0 Å². The van der Waals surface area contributed by atoms with E-state index in [9.17, 15) is 14.4 Å². The topological polar surface area (TPSA) is 86.2 Å². The predicted molar refractivity (Wildman–Crippen MR) is 95.8 cm³/mol. The fourth-order valence-corrected chi connectivity index (χ4v) is 2.59. The van der Waals surface area contributed by atoms with E-state index in [-0.39, 0.29) is 13.1 Å². The van der Waals surface area contributed by atoms with Gasteiger partial charge in [0.15, 0.2) is 0 Å². The molecular formula is C19H19N3O4. The molecule has 0 fully saturated rings. The average molecular weight is 353 g/mol. The van der Waals surface area contributed by atoms with Crippen molar-refractivity contribution < 1.29 is 9.21 Å². The Morgan fingerprint density at radius 2 is 1.92 bits per heavy atom. The Morgan fingerprint density at radius 1 is 1.12 bits per heavy atom. The minimum atomic E-state index is -0.520. The van der Waals surface area contributed by atoms with Crippen molar-refractivity contribution in [3.63, 3.8) is 0 Å². The lowest BCUT2D eigenvalue weighted by Crippen LogP contribution is -2.43. The van der Waals surface area contributed by atoms with Crippen LogP contribution in [-0.4, -0.2) is 15.0 Å². The summed E-state index contributed by atoms with van der Waals surface area (Å²) < 4.78 is 7.48. The van der Waals surface area contributed by atoms with Crippen molar-refractivity contribution in [3.05, 3.63) is 92.6 Å². The molecule has 1 amide bonds. The van der Waals surface area contributed by atoms with Crippen molar-refractivity contribution in [1.29, 1.82) is 0 Å². The number of amides is 1. The van der Waals surface area contributed by atoms with E-state index in [4.69, 9.17) is 4.42 Å². The van der Waals surface area contributed by atoms with Gasteiger partial charge in [-0.25, -0.2) is 4.79 Å². The fourth-order valence-electron chi connectivity index (χ4n) is 2.59. The summed E-state index contributed by atoms with van der Waals surface area (Å²) >= 11 is 0. The third-order valence-corrected chi connectivity index (χ3v) is 4.08. The zero-order valence-electron chi connectivity index (χ0n) is 14.3. The molecule has 7 heteroatoms. The Labute approximate surface area is 149 Å². The lowest BCUT2D eigenvalue weighted by molar-refractivity contribution is -0.122. The molecule has 0 saturated carbocycles. The van der Waals surface area contributed by atoms with Gasteiger partial charge in [0.2, 0.25) is 5.91 Å². The molecule has 0 aliphatic rings. The lowest BCUT2D eigenvalue weighted by Gasteiger charge is -2.11. The quantitative estimate of drug-likeness (QED) is 0.723. The number of carbonyl (C=O) groups excluding carboxylic acids is 1. The molecule has 0 radical (unpaired) electrons. The number of benzene rings is 1. The number of aromatic nitrogens is 2. The Kier molecular flexibility index (Phi) is 5.17. The molecular weight excluding hydrogens is 334 g/mol. The number of nitrogens with zero attached hydrogens (tertiary/aromatic N) is 2. The van der Waals surface area contributed by atoms with Crippen LogP contribution in [0.1, 0.15) is 16.9 Å². The van der Waals surface area contributed by atoms with Crippen molar-refractivity contribution in [3.8, 4) is 0 Å². The van der Waals surface area contributed by atoms with Crippen LogP contribution in [0.4, 0.5) is 0 Å². The number of carbonyl (C=O) groups is 1. The van der Waals surface area contributed by atoms with Gasteiger partial charge >= 0.3 is 5.69 Å². The summed E-state index contributed by atoms with van der Waals surface area (Å²) in [6, 6.07) is 12.4. The molecule has 0 unspecified atom stereocenters. The van der Waals surface area contributed by atoms with Gasteiger partial charge in [-0.1, -0.05) is 24.3 Å². The molecule has 0 aliphatic heterocycles. The Bertz CT molecular complexity index is 1020. The summed E-state index contributed by atoms with van der Waals surface area (Å²) in [7, 11) is 0. The van der Waals surface area contributed by atoms with Gasteiger partial charge in [-0.3, -0.25) is 18.7 Å². The van der Waals surface area contributed by atoms with E-state index in [2.05, 4.69) is 5.32 Å². The van der Waals surface area contributed by atoms with Crippen LogP contribution >= 0.6 is 0 Å². The normalized spacial score (nSPS) is 10.7. The molecule has 26 heavy (non-hydrogen) atoms. The van der Waals surface area contributed by atoms with E-state index in [1.165, 1.54) is 23.1 Å². The van der Waals surface area contributed by atoms with Crippen LogP contribution in [0.15, 0.2) is 68.9 Å². The maximum Gasteiger partial charge on any atom is 0.331 e. The van der Waals surface area contributed by atoms with Gasteiger partial charge in [0.25, 0.3) is 5.56 Å². The smallest absolute Gasteiger partial charge is 0.331 e. The van der Waals surface area contributed by atoms with Gasteiger partial charge < -0.3 is 9.73 Å². The molecule has 1 aromatic carbocycles. The Balaban J connectivity index is 1.77. The zero-order chi connectivity index (χ0) is 18.5. The largest absolute Gasteiger partial charge is 0.467 e. The first-order valence-corrected chi connectivity index (χ1v) is 8.18. The van der Waals surface area contributed by atoms with E-state index in [1.54, 1.807) is 12.1 Å². The Morgan fingerprint density at radius 3 is 2.65 bits per heavy atom. The van der Waals surface area contributed by atoms with Crippen molar-refractivity contribution in [2.24, 2.45) is 0 Å². The highest BCUT2D eigenvalue weighted by molar-refractivity contribution is 5.75. The number of aryl methyl sites for hydroxylation is 1. The van der Waals surface area contributed by atoms with Crippen LogP contribution < -0.4 is 16.6 Å². The molecule has 0 saturated heterocycles. The number of hydrogen-bond acceptors (Lipinski definition) is 4. The van der Waals surface area contributed by atoms with Gasteiger partial charge in [-0.15, -0.1) is 0 Å². The summed E-state index contributed by atoms with van der Waals surface area (Å²) in [6.45, 7) is 2.15. The fraction of sp³-hybridized carbons (Fsp3) is 0.211. The van der Waals surface area contributed by atoms with Crippen LogP contribution in [0.2, 0.25) is 0 Å². The van der Waals surface area contributed by atoms with Gasteiger partial charge in [0.1, 0.15) is 12.3 Å². The summed E-state index contributed by atoms with van der Waals surface area (Å²) in [5, 5.41) is 2.63. The molecule has 1 N–H and O–H groups in total. The summed E-state index contributed by atoms with van der Waals surface area (Å²) in [4.78, 5) is 36.7. The van der Waals surface area contributed by atoms with Crippen LogP contribution in [0, 0.1) is 6.92 Å². The highest BCUT2D eigenvalue weighted by Gasteiger charge is 2.11. The van der Waals surface area contributed by atoms with E-state index in [0.29, 0.717) is 12.3 Å². The minimum Gasteiger partial charge on any atom is -0.467 e. The first kappa shape index (κ1) is 17.5. The lowest BCUT2D eigenvalue weighted by atomic mass is 10.1. The van der Waals surface area contributed by atoms with Crippen molar-refractivity contribution in [2.75, 3.05) is 0 Å².